The van der Waals surface area contributed by atoms with Crippen LogP contribution < -0.4 is 5.32 Å². The van der Waals surface area contributed by atoms with Crippen LogP contribution in [0.1, 0.15) is 36.5 Å². The molecule has 1 aromatic carbocycles. The maximum absolute atomic E-state index is 12.1. The molecule has 0 spiro atoms. The van der Waals surface area contributed by atoms with E-state index in [1.807, 2.05) is 32.9 Å². The number of hydrogen-bond donors (Lipinski definition) is 1. The van der Waals surface area contributed by atoms with E-state index in [0.717, 1.165) is 35.2 Å². The summed E-state index contributed by atoms with van der Waals surface area (Å²) in [5.41, 5.74) is 3.98. The predicted octanol–water partition coefficient (Wildman–Crippen LogP) is 2.89. The highest BCUT2D eigenvalue weighted by Crippen LogP contribution is 2.30. The van der Waals surface area contributed by atoms with E-state index in [9.17, 15) is 9.59 Å². The third kappa shape index (κ3) is 3.38. The van der Waals surface area contributed by atoms with E-state index in [0.29, 0.717) is 0 Å². The van der Waals surface area contributed by atoms with Gasteiger partial charge in [0.25, 0.3) is 5.91 Å². The lowest BCUT2D eigenvalue weighted by Gasteiger charge is -2.16. The maximum atomic E-state index is 12.1. The molecule has 0 unspecified atom stereocenters. The van der Waals surface area contributed by atoms with Crippen molar-refractivity contribution in [2.75, 3.05) is 5.32 Å². The summed E-state index contributed by atoms with van der Waals surface area (Å²) in [6.45, 7) is 7.53. The van der Waals surface area contributed by atoms with E-state index < -0.39 is 6.10 Å². The Labute approximate surface area is 119 Å². The lowest BCUT2D eigenvalue weighted by molar-refractivity contribution is -0.154. The number of rotatable bonds is 4. The van der Waals surface area contributed by atoms with Gasteiger partial charge < -0.3 is 10.1 Å². The summed E-state index contributed by atoms with van der Waals surface area (Å²) in [6.07, 6.45) is 0.996. The Bertz CT molecular complexity index is 524. The molecule has 1 aliphatic carbocycles. The van der Waals surface area contributed by atoms with Gasteiger partial charge in [0.2, 0.25) is 0 Å². The minimum absolute atomic E-state index is 0.00750. The number of esters is 1. The van der Waals surface area contributed by atoms with E-state index in [-0.39, 0.29) is 17.8 Å². The van der Waals surface area contributed by atoms with Crippen LogP contribution in [0.5, 0.6) is 0 Å². The van der Waals surface area contributed by atoms with Gasteiger partial charge in [0, 0.05) is 5.69 Å². The molecule has 0 aromatic heterocycles. The molecule has 0 aliphatic heterocycles. The molecular weight excluding hydrogens is 254 g/mol. The molecule has 1 saturated carbocycles. The number of benzene rings is 1. The monoisotopic (exact) mass is 275 g/mol. The van der Waals surface area contributed by atoms with Gasteiger partial charge in [-0.05, 0) is 51.7 Å². The SMILES string of the molecule is Cc1cc(C)c(NC(=O)[C@H](C)OC(=O)C2CC2)c(C)c1. The van der Waals surface area contributed by atoms with Gasteiger partial charge in [-0.25, -0.2) is 0 Å². The Balaban J connectivity index is 2.01. The van der Waals surface area contributed by atoms with Crippen LogP contribution in [0.3, 0.4) is 0 Å². The van der Waals surface area contributed by atoms with E-state index in [1.54, 1.807) is 6.92 Å². The van der Waals surface area contributed by atoms with Crippen molar-refractivity contribution in [2.45, 2.75) is 46.6 Å². The number of carbonyl (C=O) groups excluding carboxylic acids is 2. The first-order chi connectivity index (χ1) is 9.38. The number of anilines is 1. The van der Waals surface area contributed by atoms with Gasteiger partial charge in [-0.15, -0.1) is 0 Å². The Kier molecular flexibility index (Phi) is 4.12. The number of amides is 1. The molecule has 2 rings (SSSR count). The first-order valence-electron chi connectivity index (χ1n) is 6.97. The van der Waals surface area contributed by atoms with Crippen molar-refractivity contribution in [1.82, 2.24) is 0 Å². The molecule has 0 radical (unpaired) electrons. The number of carbonyl (C=O) groups is 2. The average molecular weight is 275 g/mol. The zero-order chi connectivity index (χ0) is 14.9. The highest BCUT2D eigenvalue weighted by molar-refractivity contribution is 5.96. The molecule has 0 bridgehead atoms. The van der Waals surface area contributed by atoms with Crippen LogP contribution in [0, 0.1) is 26.7 Å². The van der Waals surface area contributed by atoms with Crippen molar-refractivity contribution in [1.29, 1.82) is 0 Å². The Morgan fingerprint density at radius 2 is 1.75 bits per heavy atom. The quantitative estimate of drug-likeness (QED) is 0.860. The van der Waals surface area contributed by atoms with Crippen molar-refractivity contribution in [2.24, 2.45) is 5.92 Å². The zero-order valence-corrected chi connectivity index (χ0v) is 12.4. The van der Waals surface area contributed by atoms with Gasteiger partial charge in [0.05, 0.1) is 5.92 Å². The molecule has 20 heavy (non-hydrogen) atoms. The van der Waals surface area contributed by atoms with Crippen molar-refractivity contribution in [3.8, 4) is 0 Å². The Morgan fingerprint density at radius 1 is 1.20 bits per heavy atom. The van der Waals surface area contributed by atoms with Gasteiger partial charge in [-0.2, -0.15) is 0 Å². The van der Waals surface area contributed by atoms with Gasteiger partial charge in [-0.3, -0.25) is 9.59 Å². The van der Waals surface area contributed by atoms with E-state index in [2.05, 4.69) is 5.32 Å². The van der Waals surface area contributed by atoms with Crippen LogP contribution >= 0.6 is 0 Å². The van der Waals surface area contributed by atoms with E-state index in [1.165, 1.54) is 0 Å². The number of ether oxygens (including phenoxy) is 1. The summed E-state index contributed by atoms with van der Waals surface area (Å²) in [5.74, 6) is -0.535. The third-order valence-corrected chi connectivity index (χ3v) is 3.50. The molecule has 4 nitrogen and oxygen atoms in total. The predicted molar refractivity (Wildman–Crippen MR) is 77.6 cm³/mol. The van der Waals surface area contributed by atoms with Crippen LogP contribution in [-0.2, 0) is 14.3 Å². The normalized spacial score (nSPS) is 15.6. The van der Waals surface area contributed by atoms with Crippen LogP contribution in [0.15, 0.2) is 12.1 Å². The molecular formula is C16H21NO3. The minimum atomic E-state index is -0.761. The van der Waals surface area contributed by atoms with Crippen LogP contribution in [0.2, 0.25) is 0 Å². The summed E-state index contributed by atoms with van der Waals surface area (Å²) in [7, 11) is 0. The van der Waals surface area contributed by atoms with Crippen LogP contribution in [-0.4, -0.2) is 18.0 Å². The first kappa shape index (κ1) is 14.6. The second kappa shape index (κ2) is 5.65. The van der Waals surface area contributed by atoms with E-state index >= 15 is 0 Å². The minimum Gasteiger partial charge on any atom is -0.452 e. The highest BCUT2D eigenvalue weighted by Gasteiger charge is 2.33. The Morgan fingerprint density at radius 3 is 2.25 bits per heavy atom. The molecule has 108 valence electrons. The maximum Gasteiger partial charge on any atom is 0.309 e. The highest BCUT2D eigenvalue weighted by atomic mass is 16.5. The van der Waals surface area contributed by atoms with Crippen molar-refractivity contribution in [3.63, 3.8) is 0 Å². The third-order valence-electron chi connectivity index (χ3n) is 3.50. The van der Waals surface area contributed by atoms with Crippen LogP contribution in [0.25, 0.3) is 0 Å². The molecule has 1 N–H and O–H groups in total. The summed E-state index contributed by atoms with van der Waals surface area (Å²) in [6, 6.07) is 4.03. The molecule has 0 saturated heterocycles. The zero-order valence-electron chi connectivity index (χ0n) is 12.4. The average Bonchev–Trinajstić information content (AvgIpc) is 3.17. The van der Waals surface area contributed by atoms with Crippen LogP contribution in [0.4, 0.5) is 5.69 Å². The van der Waals surface area contributed by atoms with Gasteiger partial charge in [0.1, 0.15) is 0 Å². The molecule has 1 aliphatic rings. The fourth-order valence-electron chi connectivity index (χ4n) is 2.25. The summed E-state index contributed by atoms with van der Waals surface area (Å²) in [4.78, 5) is 23.6. The molecule has 1 atom stereocenters. The lowest BCUT2D eigenvalue weighted by atomic mass is 10.0. The summed E-state index contributed by atoms with van der Waals surface area (Å²) < 4.78 is 5.16. The molecule has 4 heteroatoms. The number of hydrogen-bond acceptors (Lipinski definition) is 3. The van der Waals surface area contributed by atoms with Gasteiger partial charge >= 0.3 is 5.97 Å². The fraction of sp³-hybridized carbons (Fsp3) is 0.500. The summed E-state index contributed by atoms with van der Waals surface area (Å²) in [5, 5.41) is 2.85. The van der Waals surface area contributed by atoms with Gasteiger partial charge in [-0.1, -0.05) is 17.7 Å². The smallest absolute Gasteiger partial charge is 0.309 e. The van der Waals surface area contributed by atoms with Crippen molar-refractivity contribution < 1.29 is 14.3 Å². The second-order valence-electron chi connectivity index (χ2n) is 5.62. The van der Waals surface area contributed by atoms with E-state index in [4.69, 9.17) is 4.74 Å². The summed E-state index contributed by atoms with van der Waals surface area (Å²) >= 11 is 0. The topological polar surface area (TPSA) is 55.4 Å². The lowest BCUT2D eigenvalue weighted by Crippen LogP contribution is -2.31. The largest absolute Gasteiger partial charge is 0.452 e. The molecule has 1 fully saturated rings. The second-order valence-corrected chi connectivity index (χ2v) is 5.62. The van der Waals surface area contributed by atoms with Crippen molar-refractivity contribution >= 4 is 17.6 Å². The number of aryl methyl sites for hydroxylation is 3. The first-order valence-corrected chi connectivity index (χ1v) is 6.97. The molecule has 0 heterocycles. The molecule has 1 aromatic rings. The van der Waals surface area contributed by atoms with Gasteiger partial charge in [0.15, 0.2) is 6.10 Å². The molecule has 1 amide bonds. The van der Waals surface area contributed by atoms with Crippen molar-refractivity contribution in [3.05, 3.63) is 28.8 Å². The fourth-order valence-corrected chi connectivity index (χ4v) is 2.25. The Hall–Kier alpha value is -1.84. The standard InChI is InChI=1S/C16H21NO3/c1-9-7-10(2)14(11(3)8-9)17-15(18)12(4)20-16(19)13-5-6-13/h7-8,12-13H,5-6H2,1-4H3,(H,17,18)/t12-/m0/s1. The number of nitrogens with one attached hydrogen (secondary N) is 1.